The van der Waals surface area contributed by atoms with Gasteiger partial charge in [-0.05, 0) is 30.7 Å². The number of nitrogens with zero attached hydrogens (tertiary/aromatic N) is 4. The molecule has 4 aromatic rings. The maximum Gasteiger partial charge on any atom is 0.340 e. The van der Waals surface area contributed by atoms with Crippen LogP contribution in [-0.2, 0) is 15.9 Å². The van der Waals surface area contributed by atoms with Crippen LogP contribution >= 0.6 is 11.6 Å². The number of benzene rings is 2. The fourth-order valence-electron chi connectivity index (χ4n) is 4.46. The number of halogens is 1. The number of aryl methyl sites for hydroxylation is 1. The molecule has 0 N–H and O–H groups in total. The van der Waals surface area contributed by atoms with Crippen LogP contribution in [-0.4, -0.2) is 53.9 Å². The number of hydrogen-bond acceptors (Lipinski definition) is 6. The zero-order chi connectivity index (χ0) is 22.9. The minimum absolute atomic E-state index is 0.398. The monoisotopic (exact) mass is 464 g/mol. The largest absolute Gasteiger partial charge is 0.465 e. The highest BCUT2D eigenvalue weighted by atomic mass is 35.5. The van der Waals surface area contributed by atoms with Gasteiger partial charge in [0, 0.05) is 36.8 Å². The summed E-state index contributed by atoms with van der Waals surface area (Å²) in [5.74, 6) is 0.481. The number of anilines is 1. The molecular formula is C25H25ClN4O3. The Labute approximate surface area is 196 Å². The summed E-state index contributed by atoms with van der Waals surface area (Å²) in [6.45, 7) is 4.94. The second kappa shape index (κ2) is 9.00. The Morgan fingerprint density at radius 1 is 1.18 bits per heavy atom. The van der Waals surface area contributed by atoms with E-state index in [1.807, 2.05) is 30.3 Å². The Hall–Kier alpha value is -3.16. The maximum atomic E-state index is 12.8. The molecule has 0 atom stereocenters. The van der Waals surface area contributed by atoms with E-state index in [4.69, 9.17) is 26.1 Å². The lowest BCUT2D eigenvalue weighted by Crippen LogP contribution is -2.36. The molecule has 0 unspecified atom stereocenters. The molecule has 0 saturated carbocycles. The molecule has 2 aromatic carbocycles. The van der Waals surface area contributed by atoms with E-state index >= 15 is 0 Å². The molecule has 1 fully saturated rings. The minimum atomic E-state index is -0.398. The van der Waals surface area contributed by atoms with Crippen molar-refractivity contribution >= 4 is 45.2 Å². The molecule has 3 heterocycles. The second-order valence-electron chi connectivity index (χ2n) is 8.03. The summed E-state index contributed by atoms with van der Waals surface area (Å²) in [5.41, 5.74) is 4.57. The highest BCUT2D eigenvalue weighted by molar-refractivity contribution is 6.35. The maximum absolute atomic E-state index is 12.8. The number of carbonyl (C=O) groups is 1. The summed E-state index contributed by atoms with van der Waals surface area (Å²) in [4.78, 5) is 24.4. The number of rotatable bonds is 5. The number of hydrogen-bond donors (Lipinski definition) is 0. The Balaban J connectivity index is 1.84. The molecule has 1 aliphatic rings. The van der Waals surface area contributed by atoms with Gasteiger partial charge >= 0.3 is 5.97 Å². The van der Waals surface area contributed by atoms with Gasteiger partial charge in [0.05, 0.1) is 47.6 Å². The molecule has 0 radical (unpaired) electrons. The molecule has 0 aliphatic carbocycles. The number of ether oxygens (including phenoxy) is 2. The van der Waals surface area contributed by atoms with Crippen molar-refractivity contribution in [3.8, 4) is 5.69 Å². The van der Waals surface area contributed by atoms with E-state index in [1.165, 1.54) is 7.11 Å². The fourth-order valence-corrected chi connectivity index (χ4v) is 4.68. The van der Waals surface area contributed by atoms with Crippen molar-refractivity contribution in [2.45, 2.75) is 19.8 Å². The Bertz CT molecular complexity index is 1340. The predicted octanol–water partition coefficient (Wildman–Crippen LogP) is 4.80. The van der Waals surface area contributed by atoms with Crippen molar-refractivity contribution in [3.05, 3.63) is 59.0 Å². The molecule has 33 heavy (non-hydrogen) atoms. The van der Waals surface area contributed by atoms with E-state index in [0.29, 0.717) is 29.3 Å². The predicted molar refractivity (Wildman–Crippen MR) is 130 cm³/mol. The van der Waals surface area contributed by atoms with E-state index in [9.17, 15) is 4.79 Å². The first-order chi connectivity index (χ1) is 16.1. The Kier molecular flexibility index (Phi) is 5.91. The molecular weight excluding hydrogens is 440 g/mol. The number of pyridine rings is 1. The van der Waals surface area contributed by atoms with Crippen molar-refractivity contribution in [1.29, 1.82) is 0 Å². The molecule has 2 aromatic heterocycles. The number of imidazole rings is 1. The number of methoxy groups -OCH3 is 1. The summed E-state index contributed by atoms with van der Waals surface area (Å²) in [5, 5.41) is 1.53. The van der Waals surface area contributed by atoms with E-state index in [1.54, 1.807) is 6.20 Å². The molecule has 0 spiro atoms. The van der Waals surface area contributed by atoms with Gasteiger partial charge < -0.3 is 14.4 Å². The molecule has 170 valence electrons. The lowest BCUT2D eigenvalue weighted by atomic mass is 10.1. The number of carbonyl (C=O) groups excluding carboxylic acids is 1. The molecule has 8 heteroatoms. The normalized spacial score (nSPS) is 14.2. The van der Waals surface area contributed by atoms with Gasteiger partial charge in [-0.2, -0.15) is 0 Å². The summed E-state index contributed by atoms with van der Waals surface area (Å²) in [7, 11) is 1.40. The molecule has 1 saturated heterocycles. The highest BCUT2D eigenvalue weighted by Crippen LogP contribution is 2.34. The molecule has 0 amide bonds. The average molecular weight is 465 g/mol. The van der Waals surface area contributed by atoms with Gasteiger partial charge in [-0.3, -0.25) is 9.55 Å². The number of para-hydroxylation sites is 1. The van der Waals surface area contributed by atoms with Crippen molar-refractivity contribution < 1.29 is 14.3 Å². The zero-order valence-corrected chi connectivity index (χ0v) is 19.4. The summed E-state index contributed by atoms with van der Waals surface area (Å²) < 4.78 is 12.8. The zero-order valence-electron chi connectivity index (χ0n) is 18.7. The van der Waals surface area contributed by atoms with Crippen molar-refractivity contribution in [1.82, 2.24) is 14.5 Å². The molecule has 7 nitrogen and oxygen atoms in total. The van der Waals surface area contributed by atoms with Gasteiger partial charge in [0.1, 0.15) is 11.3 Å². The number of esters is 1. The fraction of sp³-hybridized carbons (Fsp3) is 0.320. The van der Waals surface area contributed by atoms with Crippen LogP contribution in [0.25, 0.3) is 27.6 Å². The standard InChI is InChI=1S/C25H25ClN4O3/c1-3-5-22-28-24-18(25(31)32-2)14-16(29-10-12-33-13-11-29)15-21(24)30(22)20-8-9-27-23-17(20)6-4-7-19(23)26/h4,6-9,14-15H,3,5,10-13H2,1-2H3. The average Bonchev–Trinajstić information content (AvgIpc) is 3.21. The van der Waals surface area contributed by atoms with Crippen LogP contribution in [0.4, 0.5) is 5.69 Å². The first kappa shape index (κ1) is 21.7. The van der Waals surface area contributed by atoms with Gasteiger partial charge in [0.25, 0.3) is 0 Å². The quantitative estimate of drug-likeness (QED) is 0.395. The van der Waals surface area contributed by atoms with Crippen LogP contribution in [0.5, 0.6) is 0 Å². The third-order valence-corrected chi connectivity index (χ3v) is 6.31. The van der Waals surface area contributed by atoms with E-state index in [2.05, 4.69) is 27.4 Å². The first-order valence-corrected chi connectivity index (χ1v) is 11.5. The van der Waals surface area contributed by atoms with Crippen LogP contribution in [0.1, 0.15) is 29.5 Å². The van der Waals surface area contributed by atoms with E-state index in [0.717, 1.165) is 59.5 Å². The number of aromatic nitrogens is 3. The van der Waals surface area contributed by atoms with Crippen molar-refractivity contribution in [2.24, 2.45) is 0 Å². The van der Waals surface area contributed by atoms with Gasteiger partial charge in [0.15, 0.2) is 0 Å². The molecule has 1 aliphatic heterocycles. The lowest BCUT2D eigenvalue weighted by Gasteiger charge is -2.29. The van der Waals surface area contributed by atoms with Gasteiger partial charge in [-0.25, -0.2) is 9.78 Å². The van der Waals surface area contributed by atoms with Gasteiger partial charge in [0.2, 0.25) is 0 Å². The highest BCUT2D eigenvalue weighted by Gasteiger charge is 2.23. The summed E-state index contributed by atoms with van der Waals surface area (Å²) >= 11 is 6.45. The third kappa shape index (κ3) is 3.81. The number of morpholine rings is 1. The topological polar surface area (TPSA) is 69.5 Å². The Morgan fingerprint density at radius 3 is 2.76 bits per heavy atom. The van der Waals surface area contributed by atoms with E-state index < -0.39 is 5.97 Å². The van der Waals surface area contributed by atoms with Gasteiger partial charge in [-0.1, -0.05) is 30.7 Å². The molecule has 0 bridgehead atoms. The Morgan fingerprint density at radius 2 is 2.00 bits per heavy atom. The summed E-state index contributed by atoms with van der Waals surface area (Å²) in [6, 6.07) is 11.7. The van der Waals surface area contributed by atoms with Crippen LogP contribution in [0, 0.1) is 0 Å². The second-order valence-corrected chi connectivity index (χ2v) is 8.44. The van der Waals surface area contributed by atoms with E-state index in [-0.39, 0.29) is 0 Å². The minimum Gasteiger partial charge on any atom is -0.465 e. The van der Waals surface area contributed by atoms with Crippen LogP contribution in [0.3, 0.4) is 0 Å². The van der Waals surface area contributed by atoms with Crippen LogP contribution in [0.2, 0.25) is 5.02 Å². The van der Waals surface area contributed by atoms with Crippen molar-refractivity contribution in [3.63, 3.8) is 0 Å². The SMILES string of the molecule is CCCc1nc2c(C(=O)OC)cc(N3CCOCC3)cc2n1-c1ccnc2c(Cl)cccc12. The van der Waals surface area contributed by atoms with Crippen LogP contribution in [0.15, 0.2) is 42.6 Å². The lowest BCUT2D eigenvalue weighted by molar-refractivity contribution is 0.0603. The smallest absolute Gasteiger partial charge is 0.340 e. The van der Waals surface area contributed by atoms with Crippen LogP contribution < -0.4 is 4.90 Å². The molecule has 5 rings (SSSR count). The van der Waals surface area contributed by atoms with Gasteiger partial charge in [-0.15, -0.1) is 0 Å². The van der Waals surface area contributed by atoms with Crippen molar-refractivity contribution in [2.75, 3.05) is 38.3 Å². The first-order valence-electron chi connectivity index (χ1n) is 11.1. The third-order valence-electron chi connectivity index (χ3n) is 6.01. The number of fused-ring (bicyclic) bond motifs is 2. The summed E-state index contributed by atoms with van der Waals surface area (Å²) in [6.07, 6.45) is 3.43.